The largest absolute Gasteiger partial charge is 0.489 e. The Morgan fingerprint density at radius 1 is 1.27 bits per heavy atom. The Bertz CT molecular complexity index is 821. The fraction of sp³-hybridized carbons (Fsp3) is 0.524. The highest BCUT2D eigenvalue weighted by Gasteiger charge is 2.51. The molecule has 1 aromatic carbocycles. The number of rotatable bonds is 2. The van der Waals surface area contributed by atoms with Gasteiger partial charge in [0.2, 0.25) is 0 Å². The van der Waals surface area contributed by atoms with Gasteiger partial charge in [0.05, 0.1) is 17.8 Å². The van der Waals surface area contributed by atoms with Gasteiger partial charge in [0.1, 0.15) is 11.4 Å². The lowest BCUT2D eigenvalue weighted by atomic mass is 9.78. The molecule has 1 amide bonds. The molecule has 138 valence electrons. The van der Waals surface area contributed by atoms with E-state index in [0.717, 1.165) is 49.0 Å². The smallest absolute Gasteiger partial charge is 0.410 e. The summed E-state index contributed by atoms with van der Waals surface area (Å²) in [6.07, 6.45) is 4.90. The number of amides is 1. The number of hydrogen-bond acceptors (Lipinski definition) is 4. The van der Waals surface area contributed by atoms with Crippen LogP contribution in [0.3, 0.4) is 0 Å². The van der Waals surface area contributed by atoms with E-state index in [2.05, 4.69) is 17.1 Å². The van der Waals surface area contributed by atoms with E-state index in [1.807, 2.05) is 43.9 Å². The molecule has 1 saturated heterocycles. The number of ether oxygens (including phenoxy) is 2. The van der Waals surface area contributed by atoms with Crippen molar-refractivity contribution < 1.29 is 14.3 Å². The van der Waals surface area contributed by atoms with Crippen LogP contribution in [0.15, 0.2) is 36.5 Å². The Hall–Kier alpha value is -2.30. The molecule has 1 aliphatic heterocycles. The van der Waals surface area contributed by atoms with Crippen molar-refractivity contribution in [1.29, 1.82) is 0 Å². The van der Waals surface area contributed by atoms with Crippen LogP contribution in [-0.2, 0) is 4.74 Å². The predicted octanol–water partition coefficient (Wildman–Crippen LogP) is 4.40. The monoisotopic (exact) mass is 354 g/mol. The van der Waals surface area contributed by atoms with Crippen LogP contribution in [0.1, 0.15) is 40.0 Å². The summed E-state index contributed by atoms with van der Waals surface area (Å²) in [5, 5.41) is 1.09. The van der Waals surface area contributed by atoms with Crippen LogP contribution >= 0.6 is 0 Å². The number of benzene rings is 1. The molecular weight excluding hydrogens is 328 g/mol. The van der Waals surface area contributed by atoms with Crippen molar-refractivity contribution in [2.75, 3.05) is 13.1 Å². The van der Waals surface area contributed by atoms with E-state index in [1.165, 1.54) is 0 Å². The van der Waals surface area contributed by atoms with E-state index < -0.39 is 5.60 Å². The number of hydrogen-bond donors (Lipinski definition) is 0. The van der Waals surface area contributed by atoms with E-state index in [4.69, 9.17) is 9.47 Å². The second kappa shape index (κ2) is 6.15. The predicted molar refractivity (Wildman–Crippen MR) is 100 cm³/mol. The van der Waals surface area contributed by atoms with E-state index >= 15 is 0 Å². The normalized spacial score (nSPS) is 21.7. The van der Waals surface area contributed by atoms with E-state index in [9.17, 15) is 4.79 Å². The summed E-state index contributed by atoms with van der Waals surface area (Å²) < 4.78 is 11.6. The molecule has 5 nitrogen and oxygen atoms in total. The van der Waals surface area contributed by atoms with Gasteiger partial charge >= 0.3 is 6.09 Å². The maximum Gasteiger partial charge on any atom is 0.410 e. The first kappa shape index (κ1) is 17.1. The number of pyridine rings is 1. The van der Waals surface area contributed by atoms with Crippen molar-refractivity contribution in [2.45, 2.75) is 51.7 Å². The molecule has 26 heavy (non-hydrogen) atoms. The second-order valence-electron chi connectivity index (χ2n) is 8.68. The zero-order valence-electron chi connectivity index (χ0n) is 15.7. The average Bonchev–Trinajstić information content (AvgIpc) is 2.96. The van der Waals surface area contributed by atoms with Gasteiger partial charge in [-0.25, -0.2) is 4.79 Å². The molecule has 1 saturated carbocycles. The fourth-order valence-electron chi connectivity index (χ4n) is 4.07. The van der Waals surface area contributed by atoms with Gasteiger partial charge in [0, 0.05) is 23.9 Å². The molecule has 1 unspecified atom stereocenters. The summed E-state index contributed by atoms with van der Waals surface area (Å²) in [6, 6.07) is 10.1. The van der Waals surface area contributed by atoms with Crippen LogP contribution in [-0.4, -0.2) is 40.8 Å². The standard InChI is InChI=1S/C21H26N2O3/c1-20(2,3)26-19(24)23-13-21(14-23)9-8-16(11-21)25-17-10-15-6-4-5-7-18(15)22-12-17/h4-7,10,12,16H,8-9,11,13-14H2,1-3H3. The highest BCUT2D eigenvalue weighted by atomic mass is 16.6. The van der Waals surface area contributed by atoms with Crippen molar-refractivity contribution in [3.63, 3.8) is 0 Å². The number of fused-ring (bicyclic) bond motifs is 1. The van der Waals surface area contributed by atoms with Crippen molar-refractivity contribution in [3.8, 4) is 5.75 Å². The van der Waals surface area contributed by atoms with Crippen molar-refractivity contribution >= 4 is 17.0 Å². The zero-order chi connectivity index (χ0) is 18.4. The van der Waals surface area contributed by atoms with Gasteiger partial charge in [-0.05, 0) is 52.2 Å². The van der Waals surface area contributed by atoms with Crippen LogP contribution in [0.5, 0.6) is 5.75 Å². The minimum atomic E-state index is -0.440. The van der Waals surface area contributed by atoms with E-state index in [0.29, 0.717) is 0 Å². The van der Waals surface area contributed by atoms with Crippen molar-refractivity contribution in [1.82, 2.24) is 9.88 Å². The molecular formula is C21H26N2O3. The van der Waals surface area contributed by atoms with Gasteiger partial charge in [-0.2, -0.15) is 0 Å². The quantitative estimate of drug-likeness (QED) is 0.802. The van der Waals surface area contributed by atoms with Crippen molar-refractivity contribution in [2.24, 2.45) is 5.41 Å². The lowest BCUT2D eigenvalue weighted by Crippen LogP contribution is -2.58. The number of nitrogens with zero attached hydrogens (tertiary/aromatic N) is 2. The Kier molecular flexibility index (Phi) is 4.05. The zero-order valence-corrected chi connectivity index (χ0v) is 15.7. The molecule has 5 heteroatoms. The Labute approximate surface area is 154 Å². The van der Waals surface area contributed by atoms with Gasteiger partial charge < -0.3 is 14.4 Å². The lowest BCUT2D eigenvalue weighted by Gasteiger charge is -2.48. The first-order chi connectivity index (χ1) is 12.3. The highest BCUT2D eigenvalue weighted by molar-refractivity contribution is 5.79. The van der Waals surface area contributed by atoms with Crippen molar-refractivity contribution in [3.05, 3.63) is 36.5 Å². The maximum atomic E-state index is 12.1. The Morgan fingerprint density at radius 3 is 2.81 bits per heavy atom. The summed E-state index contributed by atoms with van der Waals surface area (Å²) >= 11 is 0. The third kappa shape index (κ3) is 3.48. The van der Waals surface area contributed by atoms with Crippen LogP contribution in [0, 0.1) is 5.41 Å². The number of likely N-dealkylation sites (tertiary alicyclic amines) is 1. The molecule has 2 fully saturated rings. The Morgan fingerprint density at radius 2 is 2.04 bits per heavy atom. The number of carbonyl (C=O) groups excluding carboxylic acids is 1. The molecule has 1 atom stereocenters. The molecule has 1 spiro atoms. The number of carbonyl (C=O) groups is 1. The highest BCUT2D eigenvalue weighted by Crippen LogP contribution is 2.47. The topological polar surface area (TPSA) is 51.7 Å². The minimum absolute atomic E-state index is 0.193. The molecule has 2 heterocycles. The van der Waals surface area contributed by atoms with Gasteiger partial charge in [-0.3, -0.25) is 4.98 Å². The summed E-state index contributed by atoms with van der Waals surface area (Å²) in [5.41, 5.74) is 0.741. The van der Waals surface area contributed by atoms with Gasteiger partial charge in [-0.15, -0.1) is 0 Å². The first-order valence-electron chi connectivity index (χ1n) is 9.31. The van der Waals surface area contributed by atoms with E-state index in [1.54, 1.807) is 6.20 Å². The molecule has 2 aliphatic rings. The third-order valence-electron chi connectivity index (χ3n) is 5.23. The molecule has 0 N–H and O–H groups in total. The minimum Gasteiger partial charge on any atom is -0.489 e. The number of aromatic nitrogens is 1. The first-order valence-corrected chi connectivity index (χ1v) is 9.31. The van der Waals surface area contributed by atoms with Crippen LogP contribution in [0.4, 0.5) is 4.79 Å². The van der Waals surface area contributed by atoms with Gasteiger partial charge in [0.15, 0.2) is 0 Å². The number of para-hydroxylation sites is 1. The average molecular weight is 354 g/mol. The second-order valence-corrected chi connectivity index (χ2v) is 8.68. The summed E-state index contributed by atoms with van der Waals surface area (Å²) in [6.45, 7) is 7.25. The van der Waals surface area contributed by atoms with Gasteiger partial charge in [-0.1, -0.05) is 18.2 Å². The Balaban J connectivity index is 1.34. The molecule has 1 aromatic heterocycles. The summed E-state index contributed by atoms with van der Waals surface area (Å²) in [5.74, 6) is 0.828. The van der Waals surface area contributed by atoms with E-state index in [-0.39, 0.29) is 17.6 Å². The van der Waals surface area contributed by atoms with Crippen LogP contribution in [0.2, 0.25) is 0 Å². The summed E-state index contributed by atoms with van der Waals surface area (Å²) in [4.78, 5) is 18.4. The molecule has 0 radical (unpaired) electrons. The molecule has 4 rings (SSSR count). The van der Waals surface area contributed by atoms with Gasteiger partial charge in [0.25, 0.3) is 0 Å². The molecule has 0 bridgehead atoms. The SMILES string of the molecule is CC(C)(C)OC(=O)N1CC2(CCC(Oc3cnc4ccccc4c3)C2)C1. The fourth-order valence-corrected chi connectivity index (χ4v) is 4.07. The molecule has 2 aromatic rings. The van der Waals surface area contributed by atoms with Crippen LogP contribution in [0.25, 0.3) is 10.9 Å². The third-order valence-corrected chi connectivity index (χ3v) is 5.23. The van der Waals surface area contributed by atoms with Crippen LogP contribution < -0.4 is 4.74 Å². The maximum absolute atomic E-state index is 12.1. The lowest BCUT2D eigenvalue weighted by molar-refractivity contribution is -0.0350. The summed E-state index contributed by atoms with van der Waals surface area (Å²) in [7, 11) is 0. The molecule has 1 aliphatic carbocycles.